The molecule has 1 amide bonds. The number of rotatable bonds is 5. The van der Waals surface area contributed by atoms with E-state index in [2.05, 4.69) is 15.4 Å². The SMILES string of the molecule is COC(=O)NC(Nc1cccc(C(F)(F)F)c1)C(=O)c1ccccc1. The first kappa shape index (κ1) is 18.3. The molecule has 5 nitrogen and oxygen atoms in total. The van der Waals surface area contributed by atoms with Gasteiger partial charge in [-0.3, -0.25) is 10.1 Å². The summed E-state index contributed by atoms with van der Waals surface area (Å²) in [6, 6.07) is 12.4. The van der Waals surface area contributed by atoms with Gasteiger partial charge in [0.1, 0.15) is 0 Å². The number of benzene rings is 2. The molecule has 0 saturated heterocycles. The second kappa shape index (κ2) is 7.69. The molecule has 1 unspecified atom stereocenters. The molecule has 1 atom stereocenters. The highest BCUT2D eigenvalue weighted by Crippen LogP contribution is 2.30. The van der Waals surface area contributed by atoms with Crippen LogP contribution in [-0.2, 0) is 10.9 Å². The molecule has 2 aromatic carbocycles. The third kappa shape index (κ3) is 4.97. The molecule has 2 aromatic rings. The van der Waals surface area contributed by atoms with Gasteiger partial charge in [-0.05, 0) is 18.2 Å². The lowest BCUT2D eigenvalue weighted by Gasteiger charge is -2.20. The molecule has 0 aliphatic rings. The van der Waals surface area contributed by atoms with Gasteiger partial charge >= 0.3 is 12.3 Å². The zero-order valence-electron chi connectivity index (χ0n) is 13.1. The van der Waals surface area contributed by atoms with Gasteiger partial charge in [-0.25, -0.2) is 4.79 Å². The van der Waals surface area contributed by atoms with Crippen molar-refractivity contribution in [2.45, 2.75) is 12.3 Å². The molecule has 0 bridgehead atoms. The average Bonchev–Trinajstić information content (AvgIpc) is 2.60. The second-order valence-corrected chi connectivity index (χ2v) is 5.02. The van der Waals surface area contributed by atoms with Gasteiger partial charge in [0, 0.05) is 11.3 Å². The average molecular weight is 352 g/mol. The number of carbonyl (C=O) groups is 2. The van der Waals surface area contributed by atoms with Crippen molar-refractivity contribution in [2.75, 3.05) is 12.4 Å². The molecular formula is C17H15F3N2O3. The van der Waals surface area contributed by atoms with Gasteiger partial charge < -0.3 is 10.1 Å². The van der Waals surface area contributed by atoms with Gasteiger partial charge in [0.15, 0.2) is 6.17 Å². The number of halogens is 3. The predicted molar refractivity (Wildman–Crippen MR) is 85.2 cm³/mol. The van der Waals surface area contributed by atoms with E-state index in [1.165, 1.54) is 24.3 Å². The Labute approximate surface area is 141 Å². The van der Waals surface area contributed by atoms with Gasteiger partial charge in [0.25, 0.3) is 0 Å². The van der Waals surface area contributed by atoms with Crippen LogP contribution in [0.25, 0.3) is 0 Å². The Kier molecular flexibility index (Phi) is 5.63. The largest absolute Gasteiger partial charge is 0.453 e. The Balaban J connectivity index is 2.27. The second-order valence-electron chi connectivity index (χ2n) is 5.02. The molecule has 25 heavy (non-hydrogen) atoms. The lowest BCUT2D eigenvalue weighted by Crippen LogP contribution is -2.46. The number of alkyl carbamates (subject to hydrolysis) is 1. The van der Waals surface area contributed by atoms with Crippen LogP contribution in [0.15, 0.2) is 54.6 Å². The van der Waals surface area contributed by atoms with Crippen molar-refractivity contribution in [2.24, 2.45) is 0 Å². The van der Waals surface area contributed by atoms with Crippen molar-refractivity contribution in [3.8, 4) is 0 Å². The molecule has 0 radical (unpaired) electrons. The third-order valence-corrected chi connectivity index (χ3v) is 3.27. The minimum Gasteiger partial charge on any atom is -0.453 e. The summed E-state index contributed by atoms with van der Waals surface area (Å²) in [6.45, 7) is 0. The highest BCUT2D eigenvalue weighted by atomic mass is 19.4. The quantitative estimate of drug-likeness (QED) is 0.636. The number of alkyl halides is 3. The number of ether oxygens (including phenoxy) is 1. The Morgan fingerprint density at radius 3 is 2.32 bits per heavy atom. The zero-order chi connectivity index (χ0) is 18.4. The highest BCUT2D eigenvalue weighted by Gasteiger charge is 2.31. The number of nitrogens with one attached hydrogen (secondary N) is 2. The molecular weight excluding hydrogens is 337 g/mol. The molecule has 2 N–H and O–H groups in total. The van der Waals surface area contributed by atoms with E-state index in [9.17, 15) is 22.8 Å². The maximum Gasteiger partial charge on any atom is 0.416 e. The number of Topliss-reactive ketones (excluding diaryl/α,β-unsaturated/α-hetero) is 1. The number of methoxy groups -OCH3 is 1. The van der Waals surface area contributed by atoms with Crippen molar-refractivity contribution in [1.82, 2.24) is 5.32 Å². The summed E-state index contributed by atoms with van der Waals surface area (Å²) in [6.07, 6.45) is -6.71. The van der Waals surface area contributed by atoms with Crippen molar-refractivity contribution >= 4 is 17.6 Å². The van der Waals surface area contributed by atoms with E-state index in [4.69, 9.17) is 0 Å². The van der Waals surface area contributed by atoms with E-state index >= 15 is 0 Å². The van der Waals surface area contributed by atoms with Crippen LogP contribution in [0.3, 0.4) is 0 Å². The third-order valence-electron chi connectivity index (χ3n) is 3.27. The van der Waals surface area contributed by atoms with E-state index in [1.807, 2.05) is 0 Å². The first-order valence-electron chi connectivity index (χ1n) is 7.19. The lowest BCUT2D eigenvalue weighted by atomic mass is 10.1. The van der Waals surface area contributed by atoms with Crippen LogP contribution in [-0.4, -0.2) is 25.2 Å². The summed E-state index contributed by atoms with van der Waals surface area (Å²) in [5, 5.41) is 4.86. The minimum absolute atomic E-state index is 0.0282. The smallest absolute Gasteiger partial charge is 0.416 e. The number of carbonyl (C=O) groups excluding carboxylic acids is 2. The summed E-state index contributed by atoms with van der Waals surface area (Å²) >= 11 is 0. The minimum atomic E-state index is -4.52. The summed E-state index contributed by atoms with van der Waals surface area (Å²) in [4.78, 5) is 24.0. The summed E-state index contributed by atoms with van der Waals surface area (Å²) < 4.78 is 42.9. The molecule has 0 saturated carbocycles. The van der Waals surface area contributed by atoms with Gasteiger partial charge in [0.2, 0.25) is 5.78 Å². The van der Waals surface area contributed by atoms with Crippen molar-refractivity contribution < 1.29 is 27.5 Å². The van der Waals surface area contributed by atoms with Crippen molar-refractivity contribution in [3.63, 3.8) is 0 Å². The molecule has 0 fully saturated rings. The standard InChI is InChI=1S/C17H15F3N2O3/c1-25-16(24)22-15(14(23)11-6-3-2-4-7-11)21-13-9-5-8-12(10-13)17(18,19)20/h2-10,15,21H,1H3,(H,22,24). The van der Waals surface area contributed by atoms with Crippen LogP contribution in [0.5, 0.6) is 0 Å². The number of ketones is 1. The van der Waals surface area contributed by atoms with Crippen LogP contribution in [0.4, 0.5) is 23.7 Å². The van der Waals surface area contributed by atoms with Crippen LogP contribution in [0.1, 0.15) is 15.9 Å². The zero-order valence-corrected chi connectivity index (χ0v) is 13.1. The van der Waals surface area contributed by atoms with Gasteiger partial charge in [-0.15, -0.1) is 0 Å². The summed E-state index contributed by atoms with van der Waals surface area (Å²) in [5.74, 6) is -0.525. The Morgan fingerprint density at radius 1 is 1.04 bits per heavy atom. The van der Waals surface area contributed by atoms with E-state index in [0.717, 1.165) is 19.2 Å². The predicted octanol–water partition coefficient (Wildman–Crippen LogP) is 3.68. The molecule has 2 rings (SSSR count). The number of hydrogen-bond acceptors (Lipinski definition) is 4. The fraction of sp³-hybridized carbons (Fsp3) is 0.176. The van der Waals surface area contributed by atoms with Crippen LogP contribution >= 0.6 is 0 Å². The molecule has 0 aromatic heterocycles. The van der Waals surface area contributed by atoms with E-state index in [1.54, 1.807) is 18.2 Å². The molecule has 8 heteroatoms. The lowest BCUT2D eigenvalue weighted by molar-refractivity contribution is -0.137. The van der Waals surface area contributed by atoms with Gasteiger partial charge in [-0.1, -0.05) is 36.4 Å². The normalized spacial score (nSPS) is 12.2. The number of amides is 1. The molecule has 0 aliphatic heterocycles. The van der Waals surface area contributed by atoms with E-state index in [-0.39, 0.29) is 11.3 Å². The molecule has 0 aliphatic carbocycles. The Morgan fingerprint density at radius 2 is 1.72 bits per heavy atom. The number of anilines is 1. The Bertz CT molecular complexity index is 748. The van der Waals surface area contributed by atoms with E-state index in [0.29, 0.717) is 0 Å². The van der Waals surface area contributed by atoms with Gasteiger partial charge in [0.05, 0.1) is 12.7 Å². The molecule has 0 heterocycles. The summed E-state index contributed by atoms with van der Waals surface area (Å²) in [5.41, 5.74) is -0.564. The van der Waals surface area contributed by atoms with Crippen molar-refractivity contribution in [3.05, 3.63) is 65.7 Å². The monoisotopic (exact) mass is 352 g/mol. The topological polar surface area (TPSA) is 67.4 Å². The van der Waals surface area contributed by atoms with Crippen LogP contribution in [0.2, 0.25) is 0 Å². The maximum atomic E-state index is 12.8. The van der Waals surface area contributed by atoms with E-state index < -0.39 is 29.8 Å². The first-order chi connectivity index (χ1) is 11.8. The van der Waals surface area contributed by atoms with Crippen molar-refractivity contribution in [1.29, 1.82) is 0 Å². The Hall–Kier alpha value is -3.03. The number of hydrogen-bond donors (Lipinski definition) is 2. The maximum absolute atomic E-state index is 12.8. The fourth-order valence-corrected chi connectivity index (χ4v) is 2.07. The molecule has 0 spiro atoms. The van der Waals surface area contributed by atoms with Crippen LogP contribution < -0.4 is 10.6 Å². The summed E-state index contributed by atoms with van der Waals surface area (Å²) in [7, 11) is 1.11. The fourth-order valence-electron chi connectivity index (χ4n) is 2.07. The van der Waals surface area contributed by atoms with Gasteiger partial charge in [-0.2, -0.15) is 13.2 Å². The highest BCUT2D eigenvalue weighted by molar-refractivity contribution is 6.02. The van der Waals surface area contributed by atoms with Crippen LogP contribution in [0, 0.1) is 0 Å². The first-order valence-corrected chi connectivity index (χ1v) is 7.19. The molecule has 132 valence electrons.